The van der Waals surface area contributed by atoms with Crippen molar-refractivity contribution in [1.29, 1.82) is 0 Å². The summed E-state index contributed by atoms with van der Waals surface area (Å²) in [6.07, 6.45) is 1.11. The van der Waals surface area contributed by atoms with Crippen LogP contribution in [0.5, 0.6) is 5.75 Å². The fourth-order valence-electron chi connectivity index (χ4n) is 6.12. The molecule has 0 saturated carbocycles. The summed E-state index contributed by atoms with van der Waals surface area (Å²) in [6.45, 7) is 12.2. The molecule has 0 radical (unpaired) electrons. The summed E-state index contributed by atoms with van der Waals surface area (Å²) in [5, 5.41) is 4.79. The normalized spacial score (nSPS) is 14.6. The van der Waals surface area contributed by atoms with E-state index in [2.05, 4.69) is 37.8 Å². The number of anilines is 1. The molecule has 1 aromatic heterocycles. The predicted molar refractivity (Wildman–Crippen MR) is 180 cm³/mol. The minimum Gasteiger partial charge on any atom is -0.497 e. The number of ether oxygens (including phenoxy) is 1. The highest BCUT2D eigenvalue weighted by Crippen LogP contribution is 2.30. The number of hydrogen-bond donors (Lipinski definition) is 0. The lowest BCUT2D eigenvalue weighted by atomic mass is 10.0. The monoisotopic (exact) mass is 607 g/mol. The first kappa shape index (κ1) is 32.0. The number of aromatic nitrogens is 2. The summed E-state index contributed by atoms with van der Waals surface area (Å²) >= 11 is 0. The lowest BCUT2D eigenvalue weighted by Crippen LogP contribution is -2.42. The van der Waals surface area contributed by atoms with Crippen molar-refractivity contribution >= 4 is 17.5 Å². The van der Waals surface area contributed by atoms with Crippen molar-refractivity contribution < 1.29 is 14.3 Å². The number of carbonyl (C=O) groups excluding carboxylic acids is 2. The molecule has 4 aromatic rings. The van der Waals surface area contributed by atoms with E-state index in [9.17, 15) is 9.59 Å². The van der Waals surface area contributed by atoms with Gasteiger partial charge in [-0.15, -0.1) is 0 Å². The van der Waals surface area contributed by atoms with Gasteiger partial charge < -0.3 is 14.5 Å². The maximum absolute atomic E-state index is 14.4. The molecule has 1 aliphatic rings. The molecule has 5 rings (SSSR count). The fraction of sp³-hybridized carbons (Fsp3) is 0.378. The van der Waals surface area contributed by atoms with E-state index >= 15 is 0 Å². The Bertz CT molecular complexity index is 1600. The van der Waals surface area contributed by atoms with Crippen LogP contribution in [0.1, 0.15) is 54.4 Å². The number of fused-ring (bicyclic) bond motifs is 1. The van der Waals surface area contributed by atoms with Crippen molar-refractivity contribution in [3.63, 3.8) is 0 Å². The third-order valence-electron chi connectivity index (χ3n) is 8.64. The fourth-order valence-corrected chi connectivity index (χ4v) is 6.12. The molecule has 0 bridgehead atoms. The zero-order valence-corrected chi connectivity index (χ0v) is 27.2. The topological polar surface area (TPSA) is 70.9 Å². The molecule has 0 N–H and O–H groups in total. The van der Waals surface area contributed by atoms with Gasteiger partial charge in [-0.05, 0) is 69.0 Å². The standard InChI is InChI=1S/C37H45N5O3/c1-6-42-34(25-33(38-42)30-13-8-7-9-14-30)37(44)40-23-22-39(27(2)3)20-11-21-41(36-28(4)12-10-15-31(36)26-40)35(43)24-29-16-18-32(45-5)19-17-29/h7-10,12-19,25,27H,6,11,20-24,26H2,1-5H3. The number of benzene rings is 3. The third kappa shape index (κ3) is 7.45. The lowest BCUT2D eigenvalue weighted by molar-refractivity contribution is -0.118. The Labute approximate surface area is 267 Å². The molecule has 2 heterocycles. The van der Waals surface area contributed by atoms with E-state index in [1.807, 2.05) is 83.5 Å². The van der Waals surface area contributed by atoms with E-state index in [1.165, 1.54) is 0 Å². The Morgan fingerprint density at radius 2 is 1.67 bits per heavy atom. The van der Waals surface area contributed by atoms with E-state index in [0.29, 0.717) is 37.9 Å². The van der Waals surface area contributed by atoms with Gasteiger partial charge in [0.25, 0.3) is 5.91 Å². The van der Waals surface area contributed by atoms with Crippen LogP contribution in [0.4, 0.5) is 5.69 Å². The van der Waals surface area contributed by atoms with Crippen LogP contribution in [0.2, 0.25) is 0 Å². The molecule has 2 amide bonds. The van der Waals surface area contributed by atoms with E-state index < -0.39 is 0 Å². The molecule has 236 valence electrons. The third-order valence-corrected chi connectivity index (χ3v) is 8.64. The van der Waals surface area contributed by atoms with Gasteiger partial charge in [0.15, 0.2) is 0 Å². The molecule has 0 saturated heterocycles. The first-order chi connectivity index (χ1) is 21.8. The second-order valence-corrected chi connectivity index (χ2v) is 12.0. The number of carbonyl (C=O) groups is 2. The highest BCUT2D eigenvalue weighted by atomic mass is 16.5. The quantitative estimate of drug-likeness (QED) is 0.250. The van der Waals surface area contributed by atoms with Crippen LogP contribution in [0.15, 0.2) is 78.9 Å². The average Bonchev–Trinajstić information content (AvgIpc) is 3.48. The molecule has 45 heavy (non-hydrogen) atoms. The van der Waals surface area contributed by atoms with Gasteiger partial charge >= 0.3 is 0 Å². The Kier molecular flexibility index (Phi) is 10.4. The molecule has 1 aliphatic heterocycles. The van der Waals surface area contributed by atoms with Crippen LogP contribution in [0, 0.1) is 6.92 Å². The van der Waals surface area contributed by atoms with Crippen molar-refractivity contribution in [3.8, 4) is 17.0 Å². The number of para-hydroxylation sites is 1. The van der Waals surface area contributed by atoms with Gasteiger partial charge in [0.1, 0.15) is 11.4 Å². The minimum atomic E-state index is -0.0574. The van der Waals surface area contributed by atoms with Crippen LogP contribution in [0.3, 0.4) is 0 Å². The Balaban J connectivity index is 1.52. The van der Waals surface area contributed by atoms with Gasteiger partial charge in [0, 0.05) is 50.9 Å². The highest BCUT2D eigenvalue weighted by molar-refractivity contribution is 5.97. The van der Waals surface area contributed by atoms with Gasteiger partial charge in [0.2, 0.25) is 5.91 Å². The summed E-state index contributed by atoms with van der Waals surface area (Å²) in [5.41, 5.74) is 6.17. The largest absolute Gasteiger partial charge is 0.497 e. The lowest BCUT2D eigenvalue weighted by Gasteiger charge is -2.30. The van der Waals surface area contributed by atoms with Crippen LogP contribution < -0.4 is 9.64 Å². The second-order valence-electron chi connectivity index (χ2n) is 12.0. The Hall–Kier alpha value is -4.43. The number of nitrogens with zero attached hydrogens (tertiary/aromatic N) is 5. The van der Waals surface area contributed by atoms with E-state index in [4.69, 9.17) is 9.84 Å². The summed E-state index contributed by atoms with van der Waals surface area (Å²) in [5.74, 6) is 0.750. The molecule has 3 aromatic carbocycles. The molecule has 0 fully saturated rings. The molecule has 8 nitrogen and oxygen atoms in total. The van der Waals surface area contributed by atoms with Crippen molar-refractivity contribution in [3.05, 3.63) is 101 Å². The van der Waals surface area contributed by atoms with Crippen molar-refractivity contribution in [2.45, 2.75) is 59.7 Å². The summed E-state index contributed by atoms with van der Waals surface area (Å²) < 4.78 is 7.12. The van der Waals surface area contributed by atoms with Crippen LogP contribution in [-0.2, 0) is 24.3 Å². The molecular weight excluding hydrogens is 562 g/mol. The maximum Gasteiger partial charge on any atom is 0.272 e. The van der Waals surface area contributed by atoms with Gasteiger partial charge in [-0.1, -0.05) is 60.7 Å². The summed E-state index contributed by atoms with van der Waals surface area (Å²) in [4.78, 5) is 34.7. The van der Waals surface area contributed by atoms with Crippen LogP contribution in [0.25, 0.3) is 11.3 Å². The molecule has 0 atom stereocenters. The van der Waals surface area contributed by atoms with E-state index in [-0.39, 0.29) is 18.2 Å². The number of rotatable bonds is 7. The predicted octanol–water partition coefficient (Wildman–Crippen LogP) is 6.22. The first-order valence-electron chi connectivity index (χ1n) is 16.0. The van der Waals surface area contributed by atoms with Crippen LogP contribution in [-0.4, -0.2) is 70.7 Å². The number of amides is 2. The highest BCUT2D eigenvalue weighted by Gasteiger charge is 2.28. The van der Waals surface area contributed by atoms with Crippen LogP contribution >= 0.6 is 0 Å². The van der Waals surface area contributed by atoms with Crippen molar-refractivity contribution in [1.82, 2.24) is 19.6 Å². The zero-order chi connectivity index (χ0) is 31.9. The maximum atomic E-state index is 14.4. The van der Waals surface area contributed by atoms with E-state index in [1.54, 1.807) is 11.8 Å². The minimum absolute atomic E-state index is 0.0421. The van der Waals surface area contributed by atoms with Gasteiger partial charge in [-0.2, -0.15) is 5.10 Å². The second kappa shape index (κ2) is 14.6. The van der Waals surface area contributed by atoms with Gasteiger partial charge in [-0.25, -0.2) is 0 Å². The zero-order valence-electron chi connectivity index (χ0n) is 27.2. The number of aryl methyl sites for hydroxylation is 2. The average molecular weight is 608 g/mol. The molecule has 0 spiro atoms. The van der Waals surface area contributed by atoms with Crippen molar-refractivity contribution in [2.24, 2.45) is 0 Å². The molecular formula is C37H45N5O3. The number of hydrogen-bond acceptors (Lipinski definition) is 5. The molecule has 8 heteroatoms. The van der Waals surface area contributed by atoms with Crippen molar-refractivity contribution in [2.75, 3.05) is 38.2 Å². The molecule has 0 aliphatic carbocycles. The Morgan fingerprint density at radius 1 is 0.911 bits per heavy atom. The van der Waals surface area contributed by atoms with Gasteiger partial charge in [0.05, 0.1) is 24.9 Å². The summed E-state index contributed by atoms with van der Waals surface area (Å²) in [6, 6.07) is 26.0. The smallest absolute Gasteiger partial charge is 0.272 e. The summed E-state index contributed by atoms with van der Waals surface area (Å²) in [7, 11) is 1.64. The molecule has 0 unspecified atom stereocenters. The van der Waals surface area contributed by atoms with Gasteiger partial charge in [-0.3, -0.25) is 19.2 Å². The number of methoxy groups -OCH3 is 1. The first-order valence-corrected chi connectivity index (χ1v) is 16.0. The van der Waals surface area contributed by atoms with E-state index in [0.717, 1.165) is 58.9 Å². The SMILES string of the molecule is CCn1nc(-c2ccccc2)cc1C(=O)N1CCN(C(C)C)CCCN(C(=O)Cc2ccc(OC)cc2)c2c(C)cccc2C1. The Morgan fingerprint density at radius 3 is 2.36 bits per heavy atom.